The molecule has 0 spiro atoms. The number of furan rings is 1. The average molecular weight is 257 g/mol. The number of benzene rings is 1. The predicted molar refractivity (Wildman–Crippen MR) is 69.9 cm³/mol. The fraction of sp³-hybridized carbons (Fsp3) is 0.267. The first kappa shape index (κ1) is 12.0. The number of fused-ring (bicyclic) bond motifs is 1. The summed E-state index contributed by atoms with van der Waals surface area (Å²) >= 11 is 0. The molecule has 2 heterocycles. The molecule has 0 unspecified atom stereocenters. The molecule has 0 bridgehead atoms. The summed E-state index contributed by atoms with van der Waals surface area (Å²) in [6, 6.07) is 11.5. The van der Waals surface area contributed by atoms with Crippen molar-refractivity contribution < 1.29 is 13.9 Å². The van der Waals surface area contributed by atoms with Gasteiger partial charge in [-0.3, -0.25) is 4.79 Å². The third-order valence-electron chi connectivity index (χ3n) is 3.29. The zero-order valence-electron chi connectivity index (χ0n) is 10.5. The van der Waals surface area contributed by atoms with Gasteiger partial charge in [-0.25, -0.2) is 0 Å². The van der Waals surface area contributed by atoms with Gasteiger partial charge in [-0.1, -0.05) is 24.3 Å². The van der Waals surface area contributed by atoms with Gasteiger partial charge in [0.25, 0.3) is 5.91 Å². The topological polar surface area (TPSA) is 51.5 Å². The van der Waals surface area contributed by atoms with E-state index in [2.05, 4.69) is 17.4 Å². The van der Waals surface area contributed by atoms with E-state index in [-0.39, 0.29) is 12.0 Å². The van der Waals surface area contributed by atoms with Crippen molar-refractivity contribution in [3.63, 3.8) is 0 Å². The van der Waals surface area contributed by atoms with E-state index in [0.717, 1.165) is 12.0 Å². The Bertz CT molecular complexity index is 563. The van der Waals surface area contributed by atoms with E-state index in [4.69, 9.17) is 9.15 Å². The first-order valence-corrected chi connectivity index (χ1v) is 6.36. The average Bonchev–Trinajstić information content (AvgIpc) is 2.99. The largest absolute Gasteiger partial charge is 0.459 e. The van der Waals surface area contributed by atoms with Crippen molar-refractivity contribution in [2.24, 2.45) is 0 Å². The number of rotatable bonds is 3. The Kier molecular flexibility index (Phi) is 3.33. The van der Waals surface area contributed by atoms with E-state index in [1.54, 1.807) is 12.1 Å². The third kappa shape index (κ3) is 2.53. The van der Waals surface area contributed by atoms with Crippen LogP contribution in [0.3, 0.4) is 0 Å². The maximum Gasteiger partial charge on any atom is 0.287 e. The predicted octanol–water partition coefficient (Wildman–Crippen LogP) is 2.32. The molecule has 1 amide bonds. The highest BCUT2D eigenvalue weighted by atomic mass is 16.5. The van der Waals surface area contributed by atoms with E-state index in [9.17, 15) is 4.79 Å². The monoisotopic (exact) mass is 257 g/mol. The summed E-state index contributed by atoms with van der Waals surface area (Å²) in [6.07, 6.45) is 2.34. The van der Waals surface area contributed by atoms with Crippen LogP contribution >= 0.6 is 0 Å². The molecular formula is C15H15NO3. The molecule has 1 aromatic heterocycles. The Morgan fingerprint density at radius 2 is 2.16 bits per heavy atom. The van der Waals surface area contributed by atoms with Crippen LogP contribution in [-0.4, -0.2) is 19.1 Å². The number of nitrogens with one attached hydrogen (secondary N) is 1. The Labute approximate surface area is 111 Å². The van der Waals surface area contributed by atoms with E-state index >= 15 is 0 Å². The molecule has 4 heteroatoms. The van der Waals surface area contributed by atoms with Gasteiger partial charge in [0.05, 0.1) is 12.9 Å². The maximum atomic E-state index is 11.8. The lowest BCUT2D eigenvalue weighted by Gasteiger charge is -2.26. The highest BCUT2D eigenvalue weighted by Gasteiger charge is 2.21. The normalized spacial score (nSPS) is 17.8. The van der Waals surface area contributed by atoms with Crippen LogP contribution in [0.2, 0.25) is 0 Å². The molecule has 2 aromatic rings. The standard InChI is InChI=1S/C15H15NO3/c17-15(13-6-3-8-18-13)16-10-14-12-5-2-1-4-11(12)7-9-19-14/h1-6,8,14H,7,9-10H2,(H,16,17)/t14-/m1/s1. The summed E-state index contributed by atoms with van der Waals surface area (Å²) < 4.78 is 10.8. The number of carbonyl (C=O) groups is 1. The van der Waals surface area contributed by atoms with Gasteiger partial charge in [0.15, 0.2) is 5.76 Å². The van der Waals surface area contributed by atoms with Crippen molar-refractivity contribution in [2.45, 2.75) is 12.5 Å². The van der Waals surface area contributed by atoms with Crippen LogP contribution in [0.1, 0.15) is 27.8 Å². The molecule has 3 rings (SSSR count). The number of ether oxygens (including phenoxy) is 1. The van der Waals surface area contributed by atoms with Crippen LogP contribution in [0.4, 0.5) is 0 Å². The number of hydrogen-bond acceptors (Lipinski definition) is 3. The summed E-state index contributed by atoms with van der Waals surface area (Å²) in [5, 5.41) is 2.84. The van der Waals surface area contributed by atoms with Crippen LogP contribution in [-0.2, 0) is 11.2 Å². The van der Waals surface area contributed by atoms with Gasteiger partial charge in [0, 0.05) is 6.54 Å². The number of carbonyl (C=O) groups excluding carboxylic acids is 1. The number of amides is 1. The molecule has 1 N–H and O–H groups in total. The van der Waals surface area contributed by atoms with Gasteiger partial charge < -0.3 is 14.5 Å². The first-order valence-electron chi connectivity index (χ1n) is 6.36. The highest BCUT2D eigenvalue weighted by molar-refractivity contribution is 5.91. The van der Waals surface area contributed by atoms with Crippen molar-refractivity contribution in [1.29, 1.82) is 0 Å². The Morgan fingerprint density at radius 3 is 3.00 bits per heavy atom. The minimum Gasteiger partial charge on any atom is -0.459 e. The van der Waals surface area contributed by atoms with Gasteiger partial charge in [-0.05, 0) is 29.7 Å². The van der Waals surface area contributed by atoms with E-state index in [1.807, 2.05) is 12.1 Å². The SMILES string of the molecule is O=C(NC[C@H]1OCCc2ccccc21)c1ccco1. The summed E-state index contributed by atoms with van der Waals surface area (Å²) in [4.78, 5) is 11.8. The molecule has 0 radical (unpaired) electrons. The molecular weight excluding hydrogens is 242 g/mol. The summed E-state index contributed by atoms with van der Waals surface area (Å²) in [5.41, 5.74) is 2.46. The van der Waals surface area contributed by atoms with Crippen molar-refractivity contribution in [3.05, 3.63) is 59.5 Å². The molecule has 1 aliphatic heterocycles. The molecule has 0 saturated heterocycles. The van der Waals surface area contributed by atoms with Gasteiger partial charge in [-0.15, -0.1) is 0 Å². The van der Waals surface area contributed by atoms with Crippen LogP contribution in [0, 0.1) is 0 Å². The van der Waals surface area contributed by atoms with Gasteiger partial charge in [0.1, 0.15) is 6.10 Å². The molecule has 0 fully saturated rings. The van der Waals surface area contributed by atoms with Gasteiger partial charge in [-0.2, -0.15) is 0 Å². The molecule has 0 saturated carbocycles. The Morgan fingerprint density at radius 1 is 1.26 bits per heavy atom. The Hall–Kier alpha value is -2.07. The van der Waals surface area contributed by atoms with Crippen molar-refractivity contribution >= 4 is 5.91 Å². The summed E-state index contributed by atoms with van der Waals surface area (Å²) in [6.45, 7) is 1.15. The quantitative estimate of drug-likeness (QED) is 0.918. The molecule has 1 aliphatic rings. The lowest BCUT2D eigenvalue weighted by molar-refractivity contribution is 0.0408. The molecule has 0 aliphatic carbocycles. The third-order valence-corrected chi connectivity index (χ3v) is 3.29. The second kappa shape index (κ2) is 5.28. The second-order valence-electron chi connectivity index (χ2n) is 4.50. The molecule has 1 atom stereocenters. The zero-order chi connectivity index (χ0) is 13.1. The molecule has 19 heavy (non-hydrogen) atoms. The fourth-order valence-electron chi connectivity index (χ4n) is 2.33. The molecule has 4 nitrogen and oxygen atoms in total. The van der Waals surface area contributed by atoms with E-state index < -0.39 is 0 Å². The van der Waals surface area contributed by atoms with E-state index in [0.29, 0.717) is 18.9 Å². The zero-order valence-corrected chi connectivity index (χ0v) is 10.5. The first-order chi connectivity index (χ1) is 9.34. The van der Waals surface area contributed by atoms with Crippen LogP contribution in [0.25, 0.3) is 0 Å². The second-order valence-corrected chi connectivity index (χ2v) is 4.50. The summed E-state index contributed by atoms with van der Waals surface area (Å²) in [7, 11) is 0. The van der Waals surface area contributed by atoms with Gasteiger partial charge in [0.2, 0.25) is 0 Å². The minimum absolute atomic E-state index is 0.0798. The smallest absolute Gasteiger partial charge is 0.287 e. The number of hydrogen-bond donors (Lipinski definition) is 1. The van der Waals surface area contributed by atoms with Gasteiger partial charge >= 0.3 is 0 Å². The summed E-state index contributed by atoms with van der Waals surface area (Å²) in [5.74, 6) is 0.112. The van der Waals surface area contributed by atoms with Crippen LogP contribution in [0.15, 0.2) is 47.1 Å². The highest BCUT2D eigenvalue weighted by Crippen LogP contribution is 2.26. The van der Waals surface area contributed by atoms with Crippen LogP contribution in [0.5, 0.6) is 0 Å². The van der Waals surface area contributed by atoms with Crippen molar-refractivity contribution in [3.8, 4) is 0 Å². The van der Waals surface area contributed by atoms with E-state index in [1.165, 1.54) is 11.8 Å². The lowest BCUT2D eigenvalue weighted by Crippen LogP contribution is -2.31. The van der Waals surface area contributed by atoms with Crippen LogP contribution < -0.4 is 5.32 Å². The Balaban J connectivity index is 1.67. The van der Waals surface area contributed by atoms with Crippen molar-refractivity contribution in [2.75, 3.05) is 13.2 Å². The lowest BCUT2D eigenvalue weighted by atomic mass is 9.97. The fourth-order valence-corrected chi connectivity index (χ4v) is 2.33. The molecule has 1 aromatic carbocycles. The minimum atomic E-state index is -0.211. The van der Waals surface area contributed by atoms with Crippen molar-refractivity contribution in [1.82, 2.24) is 5.32 Å². The molecule has 98 valence electrons. The maximum absolute atomic E-state index is 11.8.